The number of nitriles is 1. The summed E-state index contributed by atoms with van der Waals surface area (Å²) in [6.07, 6.45) is 1.31. The van der Waals surface area contributed by atoms with E-state index in [4.69, 9.17) is 22.6 Å². The third-order valence-electron chi connectivity index (χ3n) is 3.01. The number of nitrogen functional groups attached to an aromatic ring is 1. The summed E-state index contributed by atoms with van der Waals surface area (Å²) in [4.78, 5) is 12.1. The van der Waals surface area contributed by atoms with E-state index >= 15 is 0 Å². The number of anilines is 3. The third kappa shape index (κ3) is 4.50. The van der Waals surface area contributed by atoms with Crippen molar-refractivity contribution in [3.8, 4) is 6.07 Å². The van der Waals surface area contributed by atoms with Crippen molar-refractivity contribution in [1.29, 1.82) is 5.26 Å². The minimum Gasteiger partial charge on any atom is -0.399 e. The van der Waals surface area contributed by atoms with Gasteiger partial charge in [0.15, 0.2) is 0 Å². The molecule has 4 N–H and O–H groups in total. The highest BCUT2D eigenvalue weighted by atomic mass is 35.5. The average Bonchev–Trinajstić information content (AvgIpc) is 2.49. The zero-order chi connectivity index (χ0) is 16.8. The molecule has 2 rings (SSSR count). The van der Waals surface area contributed by atoms with E-state index in [-0.39, 0.29) is 5.57 Å². The van der Waals surface area contributed by atoms with Crippen LogP contribution in [0.3, 0.4) is 0 Å². The lowest BCUT2D eigenvalue weighted by molar-refractivity contribution is -0.112. The smallest absolute Gasteiger partial charge is 0.267 e. The van der Waals surface area contributed by atoms with Gasteiger partial charge in [0, 0.05) is 17.6 Å². The molecule has 0 atom stereocenters. The van der Waals surface area contributed by atoms with Crippen LogP contribution >= 0.6 is 11.6 Å². The summed E-state index contributed by atoms with van der Waals surface area (Å²) in [5.74, 6) is -0.503. The normalized spacial score (nSPS) is 10.7. The quantitative estimate of drug-likeness (QED) is 0.454. The van der Waals surface area contributed by atoms with Gasteiger partial charge in [-0.2, -0.15) is 5.26 Å². The Kier molecular flexibility index (Phi) is 5.23. The standard InChI is InChI=1S/C17H15ClN4O/c1-11-3-2-4-14(7-11)22-17(23)12(9-19)10-21-16-6-5-13(20)8-15(16)18/h2-8,10,21H,20H2,1H3,(H,22,23)/b12-10-. The van der Waals surface area contributed by atoms with E-state index in [1.807, 2.05) is 31.2 Å². The fourth-order valence-corrected chi connectivity index (χ4v) is 2.11. The highest BCUT2D eigenvalue weighted by Gasteiger charge is 2.09. The third-order valence-corrected chi connectivity index (χ3v) is 3.32. The first-order chi connectivity index (χ1) is 11.0. The van der Waals surface area contributed by atoms with Gasteiger partial charge in [-0.1, -0.05) is 23.7 Å². The Morgan fingerprint density at radius 1 is 1.30 bits per heavy atom. The van der Waals surface area contributed by atoms with Crippen LogP contribution in [-0.4, -0.2) is 5.91 Å². The monoisotopic (exact) mass is 326 g/mol. The van der Waals surface area contributed by atoms with Gasteiger partial charge in [-0.15, -0.1) is 0 Å². The Balaban J connectivity index is 2.12. The summed E-state index contributed by atoms with van der Waals surface area (Å²) in [5, 5.41) is 15.1. The summed E-state index contributed by atoms with van der Waals surface area (Å²) >= 11 is 6.03. The van der Waals surface area contributed by atoms with Crippen LogP contribution in [0.2, 0.25) is 5.02 Å². The lowest BCUT2D eigenvalue weighted by Crippen LogP contribution is -2.14. The summed E-state index contributed by atoms with van der Waals surface area (Å²) in [5.41, 5.74) is 8.26. The molecule has 0 saturated carbocycles. The SMILES string of the molecule is Cc1cccc(NC(=O)/C(C#N)=C\Nc2ccc(N)cc2Cl)c1. The molecule has 116 valence electrons. The van der Waals surface area contributed by atoms with Gasteiger partial charge in [0.2, 0.25) is 0 Å². The van der Waals surface area contributed by atoms with E-state index in [1.165, 1.54) is 6.20 Å². The molecule has 23 heavy (non-hydrogen) atoms. The van der Waals surface area contributed by atoms with E-state index in [0.717, 1.165) is 5.56 Å². The molecule has 0 heterocycles. The number of amides is 1. The molecular weight excluding hydrogens is 312 g/mol. The van der Waals surface area contributed by atoms with Gasteiger partial charge < -0.3 is 16.4 Å². The van der Waals surface area contributed by atoms with Gasteiger partial charge in [0.25, 0.3) is 5.91 Å². The molecule has 0 bridgehead atoms. The van der Waals surface area contributed by atoms with Crippen molar-refractivity contribution < 1.29 is 4.79 Å². The van der Waals surface area contributed by atoms with Crippen LogP contribution in [0.5, 0.6) is 0 Å². The van der Waals surface area contributed by atoms with Crippen molar-refractivity contribution in [2.45, 2.75) is 6.92 Å². The number of aryl methyl sites for hydroxylation is 1. The molecule has 0 fully saturated rings. The number of nitrogens with two attached hydrogens (primary N) is 1. The predicted molar refractivity (Wildman–Crippen MR) is 93.0 cm³/mol. The molecule has 2 aromatic rings. The molecule has 6 heteroatoms. The molecule has 0 spiro atoms. The van der Waals surface area contributed by atoms with E-state index in [0.29, 0.717) is 22.1 Å². The maximum absolute atomic E-state index is 12.1. The second kappa shape index (κ2) is 7.34. The van der Waals surface area contributed by atoms with Crippen molar-refractivity contribution in [2.75, 3.05) is 16.4 Å². The molecular formula is C17H15ClN4O. The number of hydrogen-bond donors (Lipinski definition) is 3. The fourth-order valence-electron chi connectivity index (χ4n) is 1.87. The van der Waals surface area contributed by atoms with Gasteiger partial charge in [-0.25, -0.2) is 0 Å². The zero-order valence-electron chi connectivity index (χ0n) is 12.4. The number of hydrogen-bond acceptors (Lipinski definition) is 4. The van der Waals surface area contributed by atoms with Crippen LogP contribution in [0.4, 0.5) is 17.1 Å². The summed E-state index contributed by atoms with van der Waals surface area (Å²) in [7, 11) is 0. The van der Waals surface area contributed by atoms with Crippen LogP contribution in [0.15, 0.2) is 54.2 Å². The Labute approximate surface area is 139 Å². The maximum Gasteiger partial charge on any atom is 0.267 e. The van der Waals surface area contributed by atoms with Crippen LogP contribution in [0.1, 0.15) is 5.56 Å². The minimum atomic E-state index is -0.503. The molecule has 0 saturated heterocycles. The van der Waals surface area contributed by atoms with Gasteiger partial charge in [-0.05, 0) is 42.8 Å². The number of nitrogens with one attached hydrogen (secondary N) is 2. The summed E-state index contributed by atoms with van der Waals surface area (Å²) in [6, 6.07) is 14.1. The minimum absolute atomic E-state index is 0.0700. The van der Waals surface area contributed by atoms with Gasteiger partial charge in [0.05, 0.1) is 10.7 Å². The summed E-state index contributed by atoms with van der Waals surface area (Å²) in [6.45, 7) is 1.92. The second-order valence-electron chi connectivity index (χ2n) is 4.88. The highest BCUT2D eigenvalue weighted by Crippen LogP contribution is 2.24. The Morgan fingerprint density at radius 3 is 2.74 bits per heavy atom. The Bertz CT molecular complexity index is 808. The number of halogens is 1. The van der Waals surface area contributed by atoms with Gasteiger partial charge >= 0.3 is 0 Å². The van der Waals surface area contributed by atoms with E-state index in [1.54, 1.807) is 24.3 Å². The van der Waals surface area contributed by atoms with Gasteiger partial charge in [0.1, 0.15) is 11.6 Å². The van der Waals surface area contributed by atoms with Crippen molar-refractivity contribution in [3.63, 3.8) is 0 Å². The molecule has 1 amide bonds. The van der Waals surface area contributed by atoms with Crippen LogP contribution in [0, 0.1) is 18.3 Å². The zero-order valence-corrected chi connectivity index (χ0v) is 13.2. The van der Waals surface area contributed by atoms with E-state index in [9.17, 15) is 4.79 Å². The fraction of sp³-hybridized carbons (Fsp3) is 0.0588. The topological polar surface area (TPSA) is 90.9 Å². The lowest BCUT2D eigenvalue weighted by atomic mass is 10.2. The first-order valence-corrected chi connectivity index (χ1v) is 7.17. The lowest BCUT2D eigenvalue weighted by Gasteiger charge is -2.07. The second-order valence-corrected chi connectivity index (χ2v) is 5.28. The molecule has 2 aromatic carbocycles. The first-order valence-electron chi connectivity index (χ1n) is 6.79. The largest absolute Gasteiger partial charge is 0.399 e. The molecule has 0 aromatic heterocycles. The molecule has 5 nitrogen and oxygen atoms in total. The van der Waals surface area contributed by atoms with Crippen LogP contribution in [0.25, 0.3) is 0 Å². The van der Waals surface area contributed by atoms with Crippen molar-refractivity contribution in [1.82, 2.24) is 0 Å². The van der Waals surface area contributed by atoms with Crippen molar-refractivity contribution in [2.24, 2.45) is 0 Å². The van der Waals surface area contributed by atoms with Crippen molar-refractivity contribution >= 4 is 34.6 Å². The molecule has 0 aliphatic rings. The summed E-state index contributed by atoms with van der Waals surface area (Å²) < 4.78 is 0. The Hall–Kier alpha value is -2.97. The highest BCUT2D eigenvalue weighted by molar-refractivity contribution is 6.33. The number of nitrogens with zero attached hydrogens (tertiary/aromatic N) is 1. The van der Waals surface area contributed by atoms with Gasteiger partial charge in [-0.3, -0.25) is 4.79 Å². The average molecular weight is 327 g/mol. The van der Waals surface area contributed by atoms with E-state index < -0.39 is 5.91 Å². The number of carbonyl (C=O) groups is 1. The first kappa shape index (κ1) is 16.4. The number of benzene rings is 2. The molecule has 0 aliphatic heterocycles. The van der Waals surface area contributed by atoms with Crippen LogP contribution < -0.4 is 16.4 Å². The molecule has 0 radical (unpaired) electrons. The van der Waals surface area contributed by atoms with E-state index in [2.05, 4.69) is 10.6 Å². The number of carbonyl (C=O) groups excluding carboxylic acids is 1. The maximum atomic E-state index is 12.1. The van der Waals surface area contributed by atoms with Crippen LogP contribution in [-0.2, 0) is 4.79 Å². The van der Waals surface area contributed by atoms with Crippen molar-refractivity contribution in [3.05, 3.63) is 64.8 Å². The molecule has 0 unspecified atom stereocenters. The molecule has 0 aliphatic carbocycles. The number of rotatable bonds is 4. The predicted octanol–water partition coefficient (Wildman–Crippen LogP) is 3.69. The Morgan fingerprint density at radius 2 is 2.09 bits per heavy atom.